The maximum absolute atomic E-state index is 13.1. The topological polar surface area (TPSA) is 44.5 Å². The van der Waals surface area contributed by atoms with Crippen LogP contribution in [0.5, 0.6) is 11.5 Å². The van der Waals surface area contributed by atoms with E-state index >= 15 is 0 Å². The molecular formula is C16H16FNO2S. The van der Waals surface area contributed by atoms with E-state index < -0.39 is 0 Å². The standard InChI is InChI=1S/C16H16FNO2S/c17-12-2-1-3-13(9-12)21-10-14(18)11-4-5-15-16(8-11)20-7-6-19-15/h1-5,8-9,14H,6-7,10,18H2. The first-order valence-electron chi connectivity index (χ1n) is 6.76. The maximum atomic E-state index is 13.1. The van der Waals surface area contributed by atoms with Gasteiger partial charge < -0.3 is 15.2 Å². The van der Waals surface area contributed by atoms with E-state index in [0.717, 1.165) is 22.0 Å². The number of halogens is 1. The van der Waals surface area contributed by atoms with Crippen LogP contribution in [0.15, 0.2) is 47.4 Å². The lowest BCUT2D eigenvalue weighted by atomic mass is 10.1. The minimum Gasteiger partial charge on any atom is -0.486 e. The van der Waals surface area contributed by atoms with Gasteiger partial charge in [-0.3, -0.25) is 0 Å². The van der Waals surface area contributed by atoms with Gasteiger partial charge in [0.2, 0.25) is 0 Å². The van der Waals surface area contributed by atoms with E-state index in [9.17, 15) is 4.39 Å². The Bertz CT molecular complexity index is 635. The normalized spacial score (nSPS) is 14.8. The van der Waals surface area contributed by atoms with Gasteiger partial charge in [0.05, 0.1) is 0 Å². The summed E-state index contributed by atoms with van der Waals surface area (Å²) in [6, 6.07) is 12.1. The van der Waals surface area contributed by atoms with Crippen LogP contribution in [-0.4, -0.2) is 19.0 Å². The average Bonchev–Trinajstić information content (AvgIpc) is 2.52. The van der Waals surface area contributed by atoms with Crippen molar-refractivity contribution in [1.29, 1.82) is 0 Å². The van der Waals surface area contributed by atoms with E-state index in [0.29, 0.717) is 19.0 Å². The third-order valence-corrected chi connectivity index (χ3v) is 4.33. The molecule has 0 radical (unpaired) electrons. The van der Waals surface area contributed by atoms with Gasteiger partial charge in [-0.15, -0.1) is 11.8 Å². The number of nitrogens with two attached hydrogens (primary N) is 1. The highest BCUT2D eigenvalue weighted by molar-refractivity contribution is 7.99. The van der Waals surface area contributed by atoms with Crippen LogP contribution in [0.3, 0.4) is 0 Å². The zero-order chi connectivity index (χ0) is 14.7. The molecule has 1 unspecified atom stereocenters. The number of fused-ring (bicyclic) bond motifs is 1. The number of thioether (sulfide) groups is 1. The van der Waals surface area contributed by atoms with Crippen LogP contribution in [0, 0.1) is 5.82 Å². The molecule has 5 heteroatoms. The summed E-state index contributed by atoms with van der Waals surface area (Å²) in [4.78, 5) is 0.878. The van der Waals surface area contributed by atoms with Gasteiger partial charge in [0.15, 0.2) is 11.5 Å². The summed E-state index contributed by atoms with van der Waals surface area (Å²) in [5.41, 5.74) is 7.19. The molecule has 1 aliphatic heterocycles. The van der Waals surface area contributed by atoms with Crippen LogP contribution in [0.25, 0.3) is 0 Å². The van der Waals surface area contributed by atoms with E-state index in [1.807, 2.05) is 24.3 Å². The molecule has 3 nitrogen and oxygen atoms in total. The summed E-state index contributed by atoms with van der Waals surface area (Å²) >= 11 is 1.54. The number of rotatable bonds is 4. The Morgan fingerprint density at radius 1 is 1.10 bits per heavy atom. The summed E-state index contributed by atoms with van der Waals surface area (Å²) < 4.78 is 24.2. The van der Waals surface area contributed by atoms with Crippen molar-refractivity contribution in [2.75, 3.05) is 19.0 Å². The predicted molar refractivity (Wildman–Crippen MR) is 81.5 cm³/mol. The second-order valence-electron chi connectivity index (χ2n) is 4.78. The van der Waals surface area contributed by atoms with E-state index in [1.165, 1.54) is 23.9 Å². The molecule has 2 N–H and O–H groups in total. The minimum atomic E-state index is -0.229. The first-order chi connectivity index (χ1) is 10.2. The third-order valence-electron chi connectivity index (χ3n) is 3.22. The Morgan fingerprint density at radius 2 is 1.90 bits per heavy atom. The molecule has 0 aliphatic carbocycles. The minimum absolute atomic E-state index is 0.144. The quantitative estimate of drug-likeness (QED) is 0.880. The second-order valence-corrected chi connectivity index (χ2v) is 5.87. The Kier molecular flexibility index (Phi) is 4.31. The zero-order valence-corrected chi connectivity index (χ0v) is 12.2. The third kappa shape index (κ3) is 3.49. The summed E-state index contributed by atoms with van der Waals surface area (Å²) in [5.74, 6) is 1.94. The molecule has 1 atom stereocenters. The van der Waals surface area contributed by atoms with Gasteiger partial charge in [0.1, 0.15) is 19.0 Å². The first-order valence-corrected chi connectivity index (χ1v) is 7.74. The summed E-state index contributed by atoms with van der Waals surface area (Å²) in [5, 5.41) is 0. The van der Waals surface area contributed by atoms with Crippen LogP contribution < -0.4 is 15.2 Å². The Morgan fingerprint density at radius 3 is 2.71 bits per heavy atom. The van der Waals surface area contributed by atoms with Crippen molar-refractivity contribution in [3.8, 4) is 11.5 Å². The summed E-state index contributed by atoms with van der Waals surface area (Å²) in [7, 11) is 0. The number of hydrogen-bond donors (Lipinski definition) is 1. The van der Waals surface area contributed by atoms with Crippen LogP contribution in [0.4, 0.5) is 4.39 Å². The molecule has 0 saturated carbocycles. The van der Waals surface area contributed by atoms with Crippen LogP contribution in [0.2, 0.25) is 0 Å². The van der Waals surface area contributed by atoms with E-state index in [1.54, 1.807) is 6.07 Å². The molecule has 0 aromatic heterocycles. The molecular weight excluding hydrogens is 289 g/mol. The Balaban J connectivity index is 1.66. The molecule has 2 aromatic rings. The van der Waals surface area contributed by atoms with E-state index in [4.69, 9.17) is 15.2 Å². The van der Waals surface area contributed by atoms with Crippen molar-refractivity contribution in [1.82, 2.24) is 0 Å². The van der Waals surface area contributed by atoms with Gasteiger partial charge in [-0.1, -0.05) is 12.1 Å². The molecule has 1 aliphatic rings. The molecule has 3 rings (SSSR count). The molecule has 0 saturated heterocycles. The molecule has 21 heavy (non-hydrogen) atoms. The predicted octanol–water partition coefficient (Wildman–Crippen LogP) is 3.39. The molecule has 0 spiro atoms. The maximum Gasteiger partial charge on any atom is 0.161 e. The van der Waals surface area contributed by atoms with Gasteiger partial charge in [-0.2, -0.15) is 0 Å². The fraction of sp³-hybridized carbons (Fsp3) is 0.250. The summed E-state index contributed by atoms with van der Waals surface area (Å²) in [6.07, 6.45) is 0. The fourth-order valence-corrected chi connectivity index (χ4v) is 3.06. The highest BCUT2D eigenvalue weighted by atomic mass is 32.2. The molecule has 0 fully saturated rings. The number of hydrogen-bond acceptors (Lipinski definition) is 4. The highest BCUT2D eigenvalue weighted by Gasteiger charge is 2.15. The molecule has 1 heterocycles. The Hall–Kier alpha value is -1.72. The first kappa shape index (κ1) is 14.2. The van der Waals surface area contributed by atoms with Gasteiger partial charge >= 0.3 is 0 Å². The largest absolute Gasteiger partial charge is 0.486 e. The van der Waals surface area contributed by atoms with E-state index in [2.05, 4.69) is 0 Å². The molecule has 0 bridgehead atoms. The van der Waals surface area contributed by atoms with Gasteiger partial charge in [0, 0.05) is 16.7 Å². The monoisotopic (exact) mass is 305 g/mol. The van der Waals surface area contributed by atoms with Crippen molar-refractivity contribution < 1.29 is 13.9 Å². The molecule has 2 aromatic carbocycles. The van der Waals surface area contributed by atoms with Crippen molar-refractivity contribution >= 4 is 11.8 Å². The lowest BCUT2D eigenvalue weighted by Crippen LogP contribution is -2.17. The van der Waals surface area contributed by atoms with Crippen LogP contribution >= 0.6 is 11.8 Å². The molecule has 110 valence electrons. The fourth-order valence-electron chi connectivity index (χ4n) is 2.13. The zero-order valence-electron chi connectivity index (χ0n) is 11.4. The van der Waals surface area contributed by atoms with Gasteiger partial charge in [-0.05, 0) is 35.9 Å². The van der Waals surface area contributed by atoms with Gasteiger partial charge in [0.25, 0.3) is 0 Å². The van der Waals surface area contributed by atoms with Crippen LogP contribution in [0.1, 0.15) is 11.6 Å². The number of benzene rings is 2. The van der Waals surface area contributed by atoms with E-state index in [-0.39, 0.29) is 11.9 Å². The average molecular weight is 305 g/mol. The lowest BCUT2D eigenvalue weighted by molar-refractivity contribution is 0.171. The van der Waals surface area contributed by atoms with Crippen molar-refractivity contribution in [2.24, 2.45) is 5.73 Å². The molecule has 0 amide bonds. The number of ether oxygens (including phenoxy) is 2. The smallest absolute Gasteiger partial charge is 0.161 e. The lowest BCUT2D eigenvalue weighted by Gasteiger charge is -2.20. The highest BCUT2D eigenvalue weighted by Crippen LogP contribution is 2.33. The van der Waals surface area contributed by atoms with Crippen molar-refractivity contribution in [2.45, 2.75) is 10.9 Å². The van der Waals surface area contributed by atoms with Crippen molar-refractivity contribution in [3.05, 3.63) is 53.8 Å². The van der Waals surface area contributed by atoms with Crippen LogP contribution in [-0.2, 0) is 0 Å². The second kappa shape index (κ2) is 6.37. The Labute approximate surface area is 127 Å². The van der Waals surface area contributed by atoms with Gasteiger partial charge in [-0.25, -0.2) is 4.39 Å². The van der Waals surface area contributed by atoms with Crippen molar-refractivity contribution in [3.63, 3.8) is 0 Å². The SMILES string of the molecule is NC(CSc1cccc(F)c1)c1ccc2c(c1)OCCO2. The summed E-state index contributed by atoms with van der Waals surface area (Å²) in [6.45, 7) is 1.14.